The largest absolute Gasteiger partial charge is 0.412 e. The van der Waals surface area contributed by atoms with Crippen molar-refractivity contribution in [2.45, 2.75) is 52.4 Å². The topological polar surface area (TPSA) is 57.8 Å². The Hall–Kier alpha value is -1.19. The molecule has 3 nitrogen and oxygen atoms in total. The molecule has 0 radical (unpaired) electrons. The van der Waals surface area contributed by atoms with Crippen molar-refractivity contribution in [3.05, 3.63) is 34.4 Å². The summed E-state index contributed by atoms with van der Waals surface area (Å²) in [5.41, 5.74) is 5.66. The van der Waals surface area contributed by atoms with Crippen LogP contribution in [0.4, 0.5) is 0 Å². The van der Waals surface area contributed by atoms with Gasteiger partial charge in [0.2, 0.25) is 0 Å². The summed E-state index contributed by atoms with van der Waals surface area (Å²) in [6.45, 7) is 5.82. The number of ether oxygens (including phenoxy) is 1. The van der Waals surface area contributed by atoms with E-state index in [2.05, 4.69) is 13.0 Å². The summed E-state index contributed by atoms with van der Waals surface area (Å²) in [5.74, 6) is 0.713. The summed E-state index contributed by atoms with van der Waals surface area (Å²) < 4.78 is 5.57. The predicted molar refractivity (Wildman–Crippen MR) is 86.2 cm³/mol. The quantitative estimate of drug-likeness (QED) is 0.427. The molecule has 1 atom stereocenters. The summed E-state index contributed by atoms with van der Waals surface area (Å²) in [6.07, 6.45) is 11.9. The van der Waals surface area contributed by atoms with Gasteiger partial charge in [0.15, 0.2) is 0 Å². The lowest BCUT2D eigenvalue weighted by molar-refractivity contribution is -0.105. The zero-order valence-corrected chi connectivity index (χ0v) is 13.3. The monoisotopic (exact) mass is 292 g/mol. The predicted octanol–water partition coefficient (Wildman–Crippen LogP) is 3.55. The van der Waals surface area contributed by atoms with E-state index in [0.717, 1.165) is 44.3 Å². The van der Waals surface area contributed by atoms with Gasteiger partial charge < -0.3 is 10.2 Å². The van der Waals surface area contributed by atoms with Crippen molar-refractivity contribution in [1.82, 2.24) is 0 Å². The first-order valence-electron chi connectivity index (χ1n) is 7.88. The maximum atomic E-state index is 10.8. The Morgan fingerprint density at radius 1 is 1.29 bits per heavy atom. The minimum absolute atomic E-state index is 0. The molecule has 0 saturated carbocycles. The zero-order chi connectivity index (χ0) is 14.4. The Morgan fingerprint density at radius 3 is 2.71 bits per heavy atom. The van der Waals surface area contributed by atoms with Crippen LogP contribution >= 0.6 is 0 Å². The first kappa shape index (κ1) is 17.9. The molecule has 0 aliphatic heterocycles. The molecule has 2 rings (SSSR count). The van der Waals surface area contributed by atoms with Crippen molar-refractivity contribution < 1.29 is 15.0 Å². The van der Waals surface area contributed by atoms with Gasteiger partial charge in [-0.05, 0) is 56.9 Å². The van der Waals surface area contributed by atoms with Gasteiger partial charge in [0.25, 0.3) is 0 Å². The fourth-order valence-corrected chi connectivity index (χ4v) is 3.18. The van der Waals surface area contributed by atoms with Crippen LogP contribution in [0.25, 0.3) is 0 Å². The van der Waals surface area contributed by atoms with E-state index in [1.807, 2.05) is 13.0 Å². The molecular weight excluding hydrogens is 264 g/mol. The average molecular weight is 292 g/mol. The number of carbonyl (C=O) groups is 1. The van der Waals surface area contributed by atoms with E-state index >= 15 is 0 Å². The minimum atomic E-state index is 0. The molecule has 0 fully saturated rings. The van der Waals surface area contributed by atoms with Crippen molar-refractivity contribution in [2.75, 3.05) is 13.2 Å². The molecule has 0 spiro atoms. The molecule has 21 heavy (non-hydrogen) atoms. The van der Waals surface area contributed by atoms with Crippen molar-refractivity contribution in [1.29, 1.82) is 0 Å². The molecular formula is C18H28O3. The summed E-state index contributed by atoms with van der Waals surface area (Å²) in [6, 6.07) is 0. The maximum Gasteiger partial charge on any atom is 0.146 e. The summed E-state index contributed by atoms with van der Waals surface area (Å²) in [4.78, 5) is 10.8. The second kappa shape index (κ2) is 8.96. The van der Waals surface area contributed by atoms with Crippen molar-refractivity contribution >= 4 is 6.29 Å². The molecule has 118 valence electrons. The van der Waals surface area contributed by atoms with Gasteiger partial charge in [-0.15, -0.1) is 0 Å². The Bertz CT molecular complexity index is 443. The highest BCUT2D eigenvalue weighted by molar-refractivity contribution is 5.73. The molecule has 0 aromatic rings. The van der Waals surface area contributed by atoms with E-state index in [-0.39, 0.29) is 5.48 Å². The molecule has 0 bridgehead atoms. The molecule has 2 aliphatic carbocycles. The van der Waals surface area contributed by atoms with Gasteiger partial charge in [-0.3, -0.25) is 4.79 Å². The Balaban J connectivity index is 0.00000220. The van der Waals surface area contributed by atoms with Gasteiger partial charge in [0.1, 0.15) is 6.29 Å². The number of carbonyl (C=O) groups excluding carboxylic acids is 1. The van der Waals surface area contributed by atoms with E-state index in [4.69, 9.17) is 4.74 Å². The second-order valence-electron chi connectivity index (χ2n) is 5.87. The fraction of sp³-hybridized carbons (Fsp3) is 0.611. The number of aldehydes is 1. The van der Waals surface area contributed by atoms with Crippen LogP contribution in [0.3, 0.4) is 0 Å². The highest BCUT2D eigenvalue weighted by Crippen LogP contribution is 2.42. The van der Waals surface area contributed by atoms with E-state index in [0.29, 0.717) is 5.92 Å². The summed E-state index contributed by atoms with van der Waals surface area (Å²) >= 11 is 0. The van der Waals surface area contributed by atoms with Gasteiger partial charge in [-0.2, -0.15) is 0 Å². The third kappa shape index (κ3) is 4.94. The molecule has 0 aromatic heterocycles. The average Bonchev–Trinajstić information content (AvgIpc) is 2.88. The first-order chi connectivity index (χ1) is 9.76. The Morgan fingerprint density at radius 2 is 2.05 bits per heavy atom. The molecule has 0 amide bonds. The van der Waals surface area contributed by atoms with Crippen LogP contribution in [0.1, 0.15) is 52.4 Å². The summed E-state index contributed by atoms with van der Waals surface area (Å²) in [7, 11) is 0. The van der Waals surface area contributed by atoms with E-state index < -0.39 is 0 Å². The number of hydrogen-bond acceptors (Lipinski definition) is 2. The normalized spacial score (nSPS) is 24.0. The third-order valence-corrected chi connectivity index (χ3v) is 4.42. The van der Waals surface area contributed by atoms with Gasteiger partial charge >= 0.3 is 0 Å². The number of allylic oxidation sites excluding steroid dienone is 6. The SMILES string of the molecule is CCOCC1CCC2=C(C/C(=C\C=C(\C=O)CC)C2)C1.O. The van der Waals surface area contributed by atoms with Crippen molar-refractivity contribution in [3.63, 3.8) is 0 Å². The van der Waals surface area contributed by atoms with Crippen LogP contribution in [0.2, 0.25) is 0 Å². The van der Waals surface area contributed by atoms with Crippen LogP contribution in [-0.2, 0) is 9.53 Å². The second-order valence-corrected chi connectivity index (χ2v) is 5.87. The Labute approximate surface area is 128 Å². The van der Waals surface area contributed by atoms with Crippen LogP contribution in [-0.4, -0.2) is 25.0 Å². The highest BCUT2D eigenvalue weighted by Gasteiger charge is 2.26. The van der Waals surface area contributed by atoms with E-state index in [1.165, 1.54) is 24.8 Å². The van der Waals surface area contributed by atoms with Gasteiger partial charge in [-0.1, -0.05) is 35.8 Å². The van der Waals surface area contributed by atoms with Crippen molar-refractivity contribution in [2.24, 2.45) is 5.92 Å². The summed E-state index contributed by atoms with van der Waals surface area (Å²) in [5, 5.41) is 0. The lowest BCUT2D eigenvalue weighted by Gasteiger charge is -2.23. The number of hydrogen-bond donors (Lipinski definition) is 0. The standard InChI is InChI=1S/C18H26O2.H2O/c1-3-14(12-19)5-6-15-9-17-8-7-16(13-20-4-2)11-18(17)10-15;/h5-6,12,16H,3-4,7-11,13H2,1-2H3;1H2/b14-5+,15-6-;. The van der Waals surface area contributed by atoms with Gasteiger partial charge in [0, 0.05) is 13.2 Å². The molecule has 0 heterocycles. The van der Waals surface area contributed by atoms with Gasteiger partial charge in [-0.25, -0.2) is 0 Å². The minimum Gasteiger partial charge on any atom is -0.412 e. The van der Waals surface area contributed by atoms with Crippen LogP contribution in [0.15, 0.2) is 34.4 Å². The molecule has 0 saturated heterocycles. The molecule has 2 N–H and O–H groups in total. The smallest absolute Gasteiger partial charge is 0.146 e. The Kier molecular flexibility index (Phi) is 7.62. The lowest BCUT2D eigenvalue weighted by atomic mass is 9.86. The van der Waals surface area contributed by atoms with E-state index in [9.17, 15) is 4.79 Å². The molecule has 0 aromatic carbocycles. The lowest BCUT2D eigenvalue weighted by Crippen LogP contribution is -2.14. The first-order valence-corrected chi connectivity index (χ1v) is 7.88. The molecule has 1 unspecified atom stereocenters. The number of rotatable bonds is 6. The van der Waals surface area contributed by atoms with Crippen LogP contribution in [0.5, 0.6) is 0 Å². The van der Waals surface area contributed by atoms with Crippen molar-refractivity contribution in [3.8, 4) is 0 Å². The van der Waals surface area contributed by atoms with Crippen LogP contribution in [0, 0.1) is 5.92 Å². The van der Waals surface area contributed by atoms with Gasteiger partial charge in [0.05, 0.1) is 0 Å². The maximum absolute atomic E-state index is 10.8. The zero-order valence-electron chi connectivity index (χ0n) is 13.3. The van der Waals surface area contributed by atoms with Crippen LogP contribution < -0.4 is 0 Å². The molecule has 3 heteroatoms. The third-order valence-electron chi connectivity index (χ3n) is 4.42. The fourth-order valence-electron chi connectivity index (χ4n) is 3.18. The highest BCUT2D eigenvalue weighted by atomic mass is 16.5. The van der Waals surface area contributed by atoms with E-state index in [1.54, 1.807) is 11.1 Å². The molecule has 2 aliphatic rings.